The van der Waals surface area contributed by atoms with Crippen LogP contribution in [0.1, 0.15) is 13.8 Å². The molecule has 6 aromatic carbocycles. The molecule has 8 aromatic rings. The highest BCUT2D eigenvalue weighted by Crippen LogP contribution is 2.49. The van der Waals surface area contributed by atoms with E-state index in [0.717, 1.165) is 53.3 Å². The number of pyridine rings is 2. The van der Waals surface area contributed by atoms with E-state index in [1.807, 2.05) is 80.6 Å². The third-order valence-corrected chi connectivity index (χ3v) is 13.4. The van der Waals surface area contributed by atoms with Gasteiger partial charge in [0.2, 0.25) is 11.8 Å². The normalized spacial score (nSPS) is 12.1. The first-order valence-corrected chi connectivity index (χ1v) is 23.8. The maximum atomic E-state index is 14.3. The van der Waals surface area contributed by atoms with Crippen LogP contribution >= 0.6 is 23.4 Å². The lowest BCUT2D eigenvalue weighted by atomic mass is 10.3. The van der Waals surface area contributed by atoms with Crippen LogP contribution in [-0.2, 0) is 10.9 Å². The maximum absolute atomic E-state index is 14.3. The molecule has 3 heterocycles. The molecule has 372 valence electrons. The smallest absolute Gasteiger partial charge is 0.762 e. The summed E-state index contributed by atoms with van der Waals surface area (Å²) < 4.78 is 120. The summed E-state index contributed by atoms with van der Waals surface area (Å²) in [4.78, 5) is 10.9. The molecule has 0 N–H and O–H groups in total. The fourth-order valence-corrected chi connectivity index (χ4v) is 10.2. The molecule has 0 fully saturated rings. The fraction of sp³-hybridized carbons (Fsp3) is 0.115. The predicted molar refractivity (Wildman–Crippen MR) is 259 cm³/mol. The number of nitrogens with zero attached hydrogens (tertiary/aromatic N) is 2. The molecule has 72 heavy (non-hydrogen) atoms. The Hall–Kier alpha value is -7.09. The Morgan fingerprint density at radius 1 is 0.514 bits per heavy atom. The highest BCUT2D eigenvalue weighted by Gasteiger charge is 2.40. The number of ether oxygens (including phenoxy) is 6. The molecule has 2 unspecified atom stereocenters. The summed E-state index contributed by atoms with van der Waals surface area (Å²) in [7, 11) is -4.66. The molecule has 8 nitrogen and oxygen atoms in total. The minimum Gasteiger partial charge on any atom is -1.00 e. The average molecular weight is 1050 g/mol. The first kappa shape index (κ1) is 54.3. The lowest BCUT2D eigenvalue weighted by molar-refractivity contribution is -0.0000222. The number of aromatic nitrogens is 2. The second-order valence-corrected chi connectivity index (χ2v) is 18.5. The minimum absolute atomic E-state index is 0. The Labute approximate surface area is 422 Å². The molecule has 1 aliphatic rings. The van der Waals surface area contributed by atoms with Crippen molar-refractivity contribution in [1.82, 2.24) is 9.97 Å². The summed E-state index contributed by atoms with van der Waals surface area (Å²) in [6, 6.07) is 44.3. The summed E-state index contributed by atoms with van der Waals surface area (Å²) >= 11 is 6.95. The summed E-state index contributed by atoms with van der Waals surface area (Å²) in [6.45, 7) is 4.59. The van der Waals surface area contributed by atoms with Crippen molar-refractivity contribution >= 4 is 41.8 Å². The van der Waals surface area contributed by atoms with Gasteiger partial charge in [-0.2, -0.15) is 0 Å². The molecular formula is C52H40BClF8N2O6S2. The van der Waals surface area contributed by atoms with Gasteiger partial charge in [-0.15, -0.1) is 0 Å². The van der Waals surface area contributed by atoms with Crippen molar-refractivity contribution in [1.29, 1.82) is 0 Å². The third kappa shape index (κ3) is 16.0. The zero-order chi connectivity index (χ0) is 50.3. The van der Waals surface area contributed by atoms with E-state index in [1.54, 1.807) is 79.1 Å². The summed E-state index contributed by atoms with van der Waals surface area (Å²) in [5.74, 6) is 1.10. The Morgan fingerprint density at radius 2 is 0.861 bits per heavy atom. The van der Waals surface area contributed by atoms with Crippen LogP contribution in [0.5, 0.6) is 46.3 Å². The molecule has 0 amide bonds. The predicted octanol–water partition coefficient (Wildman–Crippen LogP) is 12.1. The van der Waals surface area contributed by atoms with Crippen molar-refractivity contribution in [2.75, 3.05) is 13.2 Å². The van der Waals surface area contributed by atoms with Gasteiger partial charge in [-0.3, -0.25) is 12.9 Å². The highest BCUT2D eigenvalue weighted by atomic mass is 35.5. The van der Waals surface area contributed by atoms with Crippen LogP contribution in [0, 0.1) is 23.3 Å². The Kier molecular flexibility index (Phi) is 19.9. The van der Waals surface area contributed by atoms with Gasteiger partial charge in [0, 0.05) is 41.7 Å². The van der Waals surface area contributed by atoms with Gasteiger partial charge in [-0.1, -0.05) is 35.5 Å². The van der Waals surface area contributed by atoms with E-state index in [2.05, 4.69) is 9.97 Å². The van der Waals surface area contributed by atoms with Crippen molar-refractivity contribution in [3.05, 3.63) is 198 Å². The van der Waals surface area contributed by atoms with Crippen molar-refractivity contribution in [2.45, 2.75) is 50.5 Å². The SMILES string of the molecule is CC(COc1ccc(Oc2ccc(Cl)cc2)cc1)Oc1ccccn1.CC(COc1ccc(Oc2ccc([S+]3c4cc(F)c(F)cc4Sc4cc(F)c(F)cc43)cc2)cc1)Oc1ccccn1.FB(F)F.[F-]. The Morgan fingerprint density at radius 3 is 1.24 bits per heavy atom. The summed E-state index contributed by atoms with van der Waals surface area (Å²) in [5.41, 5.74) is 0. The van der Waals surface area contributed by atoms with Gasteiger partial charge < -0.3 is 33.1 Å². The molecular weight excluding hydrogens is 1010 g/mol. The van der Waals surface area contributed by atoms with Gasteiger partial charge in [0.25, 0.3) is 0 Å². The number of rotatable bonds is 15. The molecule has 0 radical (unpaired) electrons. The molecule has 1 aliphatic heterocycles. The fourth-order valence-electron chi connectivity index (χ4n) is 6.36. The van der Waals surface area contributed by atoms with Gasteiger partial charge in [0.15, 0.2) is 38.0 Å². The van der Waals surface area contributed by atoms with Gasteiger partial charge in [-0.25, -0.2) is 27.5 Å². The van der Waals surface area contributed by atoms with Crippen molar-refractivity contribution in [3.8, 4) is 46.3 Å². The Bertz CT molecular complexity index is 2890. The van der Waals surface area contributed by atoms with E-state index in [-0.39, 0.29) is 16.9 Å². The quantitative estimate of drug-likeness (QED) is 0.0566. The Balaban J connectivity index is 0.000000240. The van der Waals surface area contributed by atoms with Crippen LogP contribution in [0.3, 0.4) is 0 Å². The van der Waals surface area contributed by atoms with E-state index in [1.165, 1.54) is 0 Å². The molecule has 0 saturated carbocycles. The lowest BCUT2D eigenvalue weighted by Gasteiger charge is -2.19. The molecule has 0 spiro atoms. The minimum atomic E-state index is -3.67. The second-order valence-electron chi connectivity index (χ2n) is 15.0. The highest BCUT2D eigenvalue weighted by molar-refractivity contribution is 8.04. The molecule has 20 heteroatoms. The second kappa shape index (κ2) is 26.4. The number of halogens is 9. The van der Waals surface area contributed by atoms with Crippen LogP contribution in [-0.4, -0.2) is 42.9 Å². The van der Waals surface area contributed by atoms with Crippen LogP contribution in [0.2, 0.25) is 5.02 Å². The van der Waals surface area contributed by atoms with E-state index < -0.39 is 41.7 Å². The molecule has 0 aliphatic carbocycles. The lowest BCUT2D eigenvalue weighted by Crippen LogP contribution is -3.00. The number of hydrogen-bond acceptors (Lipinski definition) is 9. The van der Waals surface area contributed by atoms with Gasteiger partial charge in [0.05, 0.1) is 9.79 Å². The summed E-state index contributed by atoms with van der Waals surface area (Å²) in [5, 5.41) is 0.679. The van der Waals surface area contributed by atoms with E-state index >= 15 is 0 Å². The largest absolute Gasteiger partial charge is 1.00 e. The van der Waals surface area contributed by atoms with E-state index in [9.17, 15) is 30.5 Å². The van der Waals surface area contributed by atoms with Gasteiger partial charge in [-0.05, 0) is 135 Å². The van der Waals surface area contributed by atoms with Crippen molar-refractivity contribution < 1.29 is 63.6 Å². The molecule has 2 atom stereocenters. The average Bonchev–Trinajstić information content (AvgIpc) is 3.36. The topological polar surface area (TPSA) is 81.2 Å². The maximum Gasteiger partial charge on any atom is 0.762 e. The monoisotopic (exact) mass is 1050 g/mol. The van der Waals surface area contributed by atoms with Crippen molar-refractivity contribution in [3.63, 3.8) is 0 Å². The molecule has 9 rings (SSSR count). The van der Waals surface area contributed by atoms with Gasteiger partial charge >= 0.3 is 7.54 Å². The van der Waals surface area contributed by atoms with Gasteiger partial charge in [0.1, 0.15) is 70.8 Å². The standard InChI is InChI=1S/C32H22F4NO3S2.C20H18ClNO3.BF3.FH/c1-19(39-32-4-2-3-13-37-32)18-38-20-5-7-21(8-6-20)40-22-9-11-23(12-10-22)42-30-16-26(35)24(33)14-28(30)41-29-15-25(34)27(36)17-31(29)42;1-15(24-20-4-2-3-13-22-20)14-23-17-9-11-19(12-10-17)25-18-7-5-16(21)6-8-18;2-1(3)4;/h2-17,19H,18H2,1H3;2-13,15H,14H2,1H3;;1H/q+1;;;/p-1. The third-order valence-electron chi connectivity index (χ3n) is 9.51. The van der Waals surface area contributed by atoms with Crippen LogP contribution < -0.4 is 33.1 Å². The van der Waals surface area contributed by atoms with E-state index in [4.69, 9.17) is 40.0 Å². The van der Waals surface area contributed by atoms with Crippen molar-refractivity contribution in [2.24, 2.45) is 0 Å². The van der Waals surface area contributed by atoms with Crippen LogP contribution in [0.25, 0.3) is 0 Å². The number of benzene rings is 6. The first-order valence-electron chi connectivity index (χ1n) is 21.4. The van der Waals surface area contributed by atoms with E-state index in [0.29, 0.717) is 71.7 Å². The zero-order valence-corrected chi connectivity index (χ0v) is 40.3. The molecule has 0 saturated heterocycles. The summed E-state index contributed by atoms with van der Waals surface area (Å²) in [6.07, 6.45) is 3.04. The van der Waals surface area contributed by atoms with Crippen LogP contribution in [0.15, 0.2) is 195 Å². The molecule has 2 aromatic heterocycles. The zero-order valence-electron chi connectivity index (χ0n) is 37.9. The number of fused-ring (bicyclic) bond motifs is 2. The molecule has 0 bridgehead atoms. The first-order chi connectivity index (χ1) is 34.3. The number of hydrogen-bond donors (Lipinski definition) is 0. The van der Waals surface area contributed by atoms with Crippen LogP contribution in [0.4, 0.5) is 30.5 Å².